The van der Waals surface area contributed by atoms with E-state index in [-0.39, 0.29) is 6.10 Å². The van der Waals surface area contributed by atoms with E-state index in [9.17, 15) is 4.79 Å². The van der Waals surface area contributed by atoms with Crippen LogP contribution >= 0.6 is 0 Å². The second-order valence-electron chi connectivity index (χ2n) is 3.15. The zero-order valence-corrected chi connectivity index (χ0v) is 7.04. The molecule has 11 heavy (non-hydrogen) atoms. The number of carbonyl (C=O) groups excluding carboxylic acids is 1. The molecule has 0 aromatic carbocycles. The molecule has 0 amide bonds. The first-order valence-electron chi connectivity index (χ1n) is 4.06. The van der Waals surface area contributed by atoms with Gasteiger partial charge in [0.25, 0.3) is 0 Å². The number of rotatable bonds is 4. The van der Waals surface area contributed by atoms with E-state index in [1.54, 1.807) is 0 Å². The van der Waals surface area contributed by atoms with Gasteiger partial charge in [0.1, 0.15) is 12.0 Å². The van der Waals surface area contributed by atoms with Crippen LogP contribution in [0.15, 0.2) is 11.8 Å². The fraction of sp³-hybridized carbons (Fsp3) is 0.667. The van der Waals surface area contributed by atoms with E-state index in [0.29, 0.717) is 5.92 Å². The molecule has 0 spiro atoms. The smallest absolute Gasteiger partial charge is 0.146 e. The third kappa shape index (κ3) is 2.74. The van der Waals surface area contributed by atoms with Crippen molar-refractivity contribution in [2.24, 2.45) is 5.92 Å². The lowest BCUT2D eigenvalue weighted by Gasteiger charge is -2.11. The number of carbonyl (C=O) groups is 1. The highest BCUT2D eigenvalue weighted by Crippen LogP contribution is 2.37. The molecule has 0 aromatic rings. The highest BCUT2D eigenvalue weighted by Gasteiger charge is 2.27. The summed E-state index contributed by atoms with van der Waals surface area (Å²) in [7, 11) is 0. The Labute approximate surface area is 67.2 Å². The van der Waals surface area contributed by atoms with Gasteiger partial charge >= 0.3 is 0 Å². The quantitative estimate of drug-likeness (QED) is 0.351. The SMILES string of the molecule is CC(C)OC(=CC=O)C1CC1. The standard InChI is InChI=1S/C9H14O2/c1-7(2)11-9(5-6-10)8-3-4-8/h5-8H,3-4H2,1-2H3. The first kappa shape index (κ1) is 8.31. The minimum Gasteiger partial charge on any atom is -0.495 e. The van der Waals surface area contributed by atoms with E-state index in [0.717, 1.165) is 12.0 Å². The summed E-state index contributed by atoms with van der Waals surface area (Å²) in [5.74, 6) is 1.40. The van der Waals surface area contributed by atoms with Crippen molar-refractivity contribution < 1.29 is 9.53 Å². The van der Waals surface area contributed by atoms with Crippen LogP contribution in [0, 0.1) is 5.92 Å². The molecule has 1 aliphatic carbocycles. The van der Waals surface area contributed by atoms with Crippen molar-refractivity contribution in [3.05, 3.63) is 11.8 Å². The number of allylic oxidation sites excluding steroid dienone is 2. The third-order valence-electron chi connectivity index (χ3n) is 1.58. The maximum absolute atomic E-state index is 10.2. The molecule has 1 fully saturated rings. The van der Waals surface area contributed by atoms with Gasteiger partial charge in [-0.05, 0) is 26.7 Å². The number of aldehydes is 1. The average Bonchev–Trinajstić information content (AvgIpc) is 2.66. The van der Waals surface area contributed by atoms with Crippen molar-refractivity contribution in [3.8, 4) is 0 Å². The van der Waals surface area contributed by atoms with Crippen LogP contribution in [-0.2, 0) is 9.53 Å². The minimum atomic E-state index is 0.182. The summed E-state index contributed by atoms with van der Waals surface area (Å²) in [6.07, 6.45) is 4.87. The number of hydrogen-bond acceptors (Lipinski definition) is 2. The lowest BCUT2D eigenvalue weighted by atomic mass is 10.3. The van der Waals surface area contributed by atoms with Gasteiger partial charge < -0.3 is 4.74 Å². The molecule has 2 heteroatoms. The number of ether oxygens (including phenoxy) is 1. The van der Waals surface area contributed by atoms with Crippen LogP contribution in [0.3, 0.4) is 0 Å². The normalized spacial score (nSPS) is 18.6. The van der Waals surface area contributed by atoms with Crippen LogP contribution in [0.5, 0.6) is 0 Å². The Bertz CT molecular complexity index is 166. The van der Waals surface area contributed by atoms with Gasteiger partial charge in [0, 0.05) is 12.0 Å². The zero-order chi connectivity index (χ0) is 8.27. The average molecular weight is 154 g/mol. The third-order valence-corrected chi connectivity index (χ3v) is 1.58. The van der Waals surface area contributed by atoms with Gasteiger partial charge in [0.05, 0.1) is 6.10 Å². The summed E-state index contributed by atoms with van der Waals surface area (Å²) in [6, 6.07) is 0. The molecule has 0 saturated heterocycles. The largest absolute Gasteiger partial charge is 0.495 e. The van der Waals surface area contributed by atoms with E-state index in [1.807, 2.05) is 13.8 Å². The van der Waals surface area contributed by atoms with Crippen molar-refractivity contribution in [1.29, 1.82) is 0 Å². The Balaban J connectivity index is 2.45. The molecule has 1 saturated carbocycles. The fourth-order valence-electron chi connectivity index (χ4n) is 0.979. The molecule has 62 valence electrons. The number of hydrogen-bond donors (Lipinski definition) is 0. The summed E-state index contributed by atoms with van der Waals surface area (Å²) >= 11 is 0. The molecule has 1 rings (SSSR count). The molecule has 0 bridgehead atoms. The van der Waals surface area contributed by atoms with Gasteiger partial charge in [-0.25, -0.2) is 0 Å². The first-order chi connectivity index (χ1) is 5.24. The molecular formula is C9H14O2. The van der Waals surface area contributed by atoms with Gasteiger partial charge in [-0.3, -0.25) is 4.79 Å². The van der Waals surface area contributed by atoms with Crippen LogP contribution in [0.4, 0.5) is 0 Å². The Morgan fingerprint density at radius 3 is 2.55 bits per heavy atom. The van der Waals surface area contributed by atoms with Gasteiger partial charge in [-0.2, -0.15) is 0 Å². The molecular weight excluding hydrogens is 140 g/mol. The molecule has 0 aromatic heterocycles. The fourth-order valence-corrected chi connectivity index (χ4v) is 0.979. The summed E-state index contributed by atoms with van der Waals surface area (Å²) in [6.45, 7) is 3.95. The molecule has 0 atom stereocenters. The van der Waals surface area contributed by atoms with E-state index < -0.39 is 0 Å². The summed E-state index contributed by atoms with van der Waals surface area (Å²) in [4.78, 5) is 10.2. The molecule has 1 aliphatic rings. The molecule has 0 unspecified atom stereocenters. The van der Waals surface area contributed by atoms with E-state index in [1.165, 1.54) is 18.9 Å². The van der Waals surface area contributed by atoms with Crippen molar-refractivity contribution >= 4 is 6.29 Å². The second kappa shape index (κ2) is 3.56. The van der Waals surface area contributed by atoms with E-state index in [4.69, 9.17) is 4.74 Å². The lowest BCUT2D eigenvalue weighted by molar-refractivity contribution is -0.104. The molecule has 0 radical (unpaired) electrons. The second-order valence-corrected chi connectivity index (χ2v) is 3.15. The molecule has 0 aliphatic heterocycles. The van der Waals surface area contributed by atoms with E-state index in [2.05, 4.69) is 0 Å². The lowest BCUT2D eigenvalue weighted by Crippen LogP contribution is -2.03. The summed E-state index contributed by atoms with van der Waals surface area (Å²) in [5, 5.41) is 0. The minimum absolute atomic E-state index is 0.182. The Hall–Kier alpha value is -0.790. The van der Waals surface area contributed by atoms with Crippen molar-refractivity contribution in [2.45, 2.75) is 32.8 Å². The van der Waals surface area contributed by atoms with Crippen LogP contribution < -0.4 is 0 Å². The van der Waals surface area contributed by atoms with Crippen LogP contribution in [0.1, 0.15) is 26.7 Å². The van der Waals surface area contributed by atoms with Gasteiger partial charge in [0.15, 0.2) is 0 Å². The van der Waals surface area contributed by atoms with Crippen LogP contribution in [0.25, 0.3) is 0 Å². The van der Waals surface area contributed by atoms with Crippen molar-refractivity contribution in [2.75, 3.05) is 0 Å². The Kier molecular flexibility index (Phi) is 2.69. The Morgan fingerprint density at radius 1 is 1.55 bits per heavy atom. The predicted molar refractivity (Wildman–Crippen MR) is 43.1 cm³/mol. The predicted octanol–water partition coefficient (Wildman–Crippen LogP) is 1.90. The first-order valence-corrected chi connectivity index (χ1v) is 4.06. The highest BCUT2D eigenvalue weighted by molar-refractivity contribution is 5.65. The van der Waals surface area contributed by atoms with Crippen molar-refractivity contribution in [3.63, 3.8) is 0 Å². The molecule has 2 nitrogen and oxygen atoms in total. The van der Waals surface area contributed by atoms with Crippen LogP contribution in [-0.4, -0.2) is 12.4 Å². The molecule has 0 heterocycles. The highest BCUT2D eigenvalue weighted by atomic mass is 16.5. The van der Waals surface area contributed by atoms with Crippen molar-refractivity contribution in [1.82, 2.24) is 0 Å². The maximum Gasteiger partial charge on any atom is 0.146 e. The van der Waals surface area contributed by atoms with Crippen LogP contribution in [0.2, 0.25) is 0 Å². The monoisotopic (exact) mass is 154 g/mol. The topological polar surface area (TPSA) is 26.3 Å². The Morgan fingerprint density at radius 2 is 2.18 bits per heavy atom. The maximum atomic E-state index is 10.2. The van der Waals surface area contributed by atoms with Gasteiger partial charge in [0.2, 0.25) is 0 Å². The molecule has 0 N–H and O–H groups in total. The zero-order valence-electron chi connectivity index (χ0n) is 7.04. The van der Waals surface area contributed by atoms with E-state index >= 15 is 0 Å². The summed E-state index contributed by atoms with van der Waals surface area (Å²) in [5.41, 5.74) is 0. The van der Waals surface area contributed by atoms with Gasteiger partial charge in [-0.15, -0.1) is 0 Å². The van der Waals surface area contributed by atoms with Gasteiger partial charge in [-0.1, -0.05) is 0 Å². The summed E-state index contributed by atoms with van der Waals surface area (Å²) < 4.78 is 5.44.